The third-order valence-electron chi connectivity index (χ3n) is 3.08. The number of benzene rings is 1. The van der Waals surface area contributed by atoms with Crippen LogP contribution in [0.15, 0.2) is 24.3 Å². The Morgan fingerprint density at radius 3 is 2.56 bits per heavy atom. The van der Waals surface area contributed by atoms with Gasteiger partial charge in [-0.1, -0.05) is 38.1 Å². The Morgan fingerprint density at radius 2 is 2.00 bits per heavy atom. The maximum atomic E-state index is 12.0. The second kappa shape index (κ2) is 6.03. The van der Waals surface area contributed by atoms with Crippen molar-refractivity contribution in [2.45, 2.75) is 46.5 Å². The van der Waals surface area contributed by atoms with E-state index in [2.05, 4.69) is 26.0 Å². The Kier molecular flexibility index (Phi) is 4.94. The van der Waals surface area contributed by atoms with Crippen LogP contribution in [0.4, 0.5) is 0 Å². The lowest BCUT2D eigenvalue weighted by Gasteiger charge is -2.23. The molecule has 0 aromatic heterocycles. The zero-order valence-electron chi connectivity index (χ0n) is 12.1. The van der Waals surface area contributed by atoms with Gasteiger partial charge in [0.05, 0.1) is 12.0 Å². The minimum atomic E-state index is -0.580. The molecule has 0 atom stereocenters. The summed E-state index contributed by atoms with van der Waals surface area (Å²) < 4.78 is 5.14. The van der Waals surface area contributed by atoms with E-state index in [9.17, 15) is 4.79 Å². The highest BCUT2D eigenvalue weighted by Crippen LogP contribution is 2.26. The number of ether oxygens (including phenoxy) is 1. The maximum absolute atomic E-state index is 12.0. The van der Waals surface area contributed by atoms with Gasteiger partial charge in [-0.3, -0.25) is 4.79 Å². The number of rotatable bonds is 5. The second-order valence-electron chi connectivity index (χ2n) is 5.64. The van der Waals surface area contributed by atoms with E-state index >= 15 is 0 Å². The van der Waals surface area contributed by atoms with Crippen molar-refractivity contribution in [2.24, 2.45) is 5.92 Å². The minimum absolute atomic E-state index is 0.160. The summed E-state index contributed by atoms with van der Waals surface area (Å²) in [5, 5.41) is 0. The van der Waals surface area contributed by atoms with E-state index < -0.39 is 5.41 Å². The van der Waals surface area contributed by atoms with Crippen LogP contribution < -0.4 is 0 Å². The zero-order chi connectivity index (χ0) is 13.8. The molecular formula is C16H24O2. The summed E-state index contributed by atoms with van der Waals surface area (Å²) in [6.45, 7) is 10.5. The molecule has 18 heavy (non-hydrogen) atoms. The van der Waals surface area contributed by atoms with Crippen molar-refractivity contribution in [3.05, 3.63) is 35.4 Å². The first-order chi connectivity index (χ1) is 8.37. The predicted octanol–water partition coefficient (Wildman–Crippen LogP) is 3.73. The van der Waals surface area contributed by atoms with Crippen LogP contribution in [0.2, 0.25) is 0 Å². The first kappa shape index (κ1) is 14.7. The van der Waals surface area contributed by atoms with E-state index in [1.165, 1.54) is 5.56 Å². The van der Waals surface area contributed by atoms with Crippen molar-refractivity contribution in [2.75, 3.05) is 6.61 Å². The lowest BCUT2D eigenvalue weighted by molar-refractivity contribution is -0.148. The minimum Gasteiger partial charge on any atom is -0.465 e. The average molecular weight is 248 g/mol. The molecule has 0 radical (unpaired) electrons. The van der Waals surface area contributed by atoms with Crippen LogP contribution in [0, 0.1) is 5.92 Å². The highest BCUT2D eigenvalue weighted by molar-refractivity contribution is 5.82. The third kappa shape index (κ3) is 3.59. The molecule has 0 saturated carbocycles. The van der Waals surface area contributed by atoms with Crippen molar-refractivity contribution in [1.29, 1.82) is 0 Å². The number of carbonyl (C=O) groups excluding carboxylic acids is 1. The molecule has 1 aromatic carbocycles. The van der Waals surface area contributed by atoms with E-state index in [-0.39, 0.29) is 5.97 Å². The molecule has 100 valence electrons. The van der Waals surface area contributed by atoms with Crippen molar-refractivity contribution in [3.8, 4) is 0 Å². The molecule has 0 aliphatic carbocycles. The van der Waals surface area contributed by atoms with Crippen LogP contribution in [0.3, 0.4) is 0 Å². The second-order valence-corrected chi connectivity index (χ2v) is 5.64. The summed E-state index contributed by atoms with van der Waals surface area (Å²) >= 11 is 0. The summed E-state index contributed by atoms with van der Waals surface area (Å²) in [5.74, 6) is 0.456. The van der Waals surface area contributed by atoms with Crippen LogP contribution in [0.1, 0.15) is 45.7 Å². The first-order valence-corrected chi connectivity index (χ1v) is 6.64. The van der Waals surface area contributed by atoms with Crippen LogP contribution in [0.25, 0.3) is 0 Å². The lowest BCUT2D eigenvalue weighted by Crippen LogP contribution is -2.31. The Balaban J connectivity index is 2.97. The van der Waals surface area contributed by atoms with Gasteiger partial charge in [0.25, 0.3) is 0 Å². The summed E-state index contributed by atoms with van der Waals surface area (Å²) in [6, 6.07) is 8.26. The van der Waals surface area contributed by atoms with Crippen molar-refractivity contribution >= 4 is 5.97 Å². The molecule has 0 aliphatic heterocycles. The first-order valence-electron chi connectivity index (χ1n) is 6.64. The summed E-state index contributed by atoms with van der Waals surface area (Å²) in [7, 11) is 0. The molecule has 0 unspecified atom stereocenters. The van der Waals surface area contributed by atoms with E-state index in [4.69, 9.17) is 4.74 Å². The smallest absolute Gasteiger partial charge is 0.315 e. The maximum Gasteiger partial charge on any atom is 0.315 e. The molecule has 0 fully saturated rings. The monoisotopic (exact) mass is 248 g/mol. The Labute approximate surface area is 110 Å². The number of esters is 1. The molecular weight excluding hydrogens is 224 g/mol. The standard InChI is InChI=1S/C16H24O2/c1-6-18-15(17)16(4,5)14-9-7-8-13(11-14)10-12(2)3/h7-9,11-12H,6,10H2,1-5H3. The highest BCUT2D eigenvalue weighted by atomic mass is 16.5. The van der Waals surface area contributed by atoms with Gasteiger partial charge in [0.2, 0.25) is 0 Å². The molecule has 0 spiro atoms. The molecule has 0 bridgehead atoms. The molecule has 0 aliphatic rings. The number of carbonyl (C=O) groups is 1. The van der Waals surface area contributed by atoms with Gasteiger partial charge in [0.1, 0.15) is 0 Å². The molecule has 0 heterocycles. The molecule has 2 heteroatoms. The Morgan fingerprint density at radius 1 is 1.33 bits per heavy atom. The van der Waals surface area contributed by atoms with Gasteiger partial charge in [0, 0.05) is 0 Å². The fourth-order valence-electron chi connectivity index (χ4n) is 1.99. The van der Waals surface area contributed by atoms with Gasteiger partial charge in [-0.25, -0.2) is 0 Å². The Bertz CT molecular complexity index is 405. The summed E-state index contributed by atoms with van der Waals surface area (Å²) in [5.41, 5.74) is 1.72. The SMILES string of the molecule is CCOC(=O)C(C)(C)c1cccc(CC(C)C)c1. The molecule has 1 aromatic rings. The van der Waals surface area contributed by atoms with E-state index in [1.54, 1.807) is 0 Å². The molecule has 1 rings (SSSR count). The predicted molar refractivity (Wildman–Crippen MR) is 74.6 cm³/mol. The largest absolute Gasteiger partial charge is 0.465 e. The van der Waals surface area contributed by atoms with E-state index in [0.29, 0.717) is 12.5 Å². The summed E-state index contributed by atoms with van der Waals surface area (Å²) in [6.07, 6.45) is 1.03. The van der Waals surface area contributed by atoms with Crippen LogP contribution in [0.5, 0.6) is 0 Å². The molecule has 0 N–H and O–H groups in total. The van der Waals surface area contributed by atoms with Gasteiger partial charge in [-0.15, -0.1) is 0 Å². The molecule has 0 amide bonds. The van der Waals surface area contributed by atoms with E-state index in [0.717, 1.165) is 12.0 Å². The van der Waals surface area contributed by atoms with Gasteiger partial charge < -0.3 is 4.74 Å². The van der Waals surface area contributed by atoms with Crippen LogP contribution >= 0.6 is 0 Å². The van der Waals surface area contributed by atoms with Gasteiger partial charge in [-0.2, -0.15) is 0 Å². The fraction of sp³-hybridized carbons (Fsp3) is 0.562. The topological polar surface area (TPSA) is 26.3 Å². The van der Waals surface area contributed by atoms with Gasteiger partial charge in [-0.05, 0) is 44.2 Å². The van der Waals surface area contributed by atoms with Crippen LogP contribution in [-0.4, -0.2) is 12.6 Å². The number of hydrogen-bond donors (Lipinski definition) is 0. The Hall–Kier alpha value is -1.31. The molecule has 2 nitrogen and oxygen atoms in total. The number of hydrogen-bond acceptors (Lipinski definition) is 2. The van der Waals surface area contributed by atoms with Crippen molar-refractivity contribution in [3.63, 3.8) is 0 Å². The summed E-state index contributed by atoms with van der Waals surface area (Å²) in [4.78, 5) is 12.0. The van der Waals surface area contributed by atoms with Gasteiger partial charge >= 0.3 is 5.97 Å². The normalized spacial score (nSPS) is 11.7. The lowest BCUT2D eigenvalue weighted by atomic mass is 9.83. The van der Waals surface area contributed by atoms with Crippen molar-refractivity contribution in [1.82, 2.24) is 0 Å². The average Bonchev–Trinajstić information content (AvgIpc) is 2.28. The van der Waals surface area contributed by atoms with Gasteiger partial charge in [0.15, 0.2) is 0 Å². The highest BCUT2D eigenvalue weighted by Gasteiger charge is 2.31. The van der Waals surface area contributed by atoms with Crippen LogP contribution in [-0.2, 0) is 21.4 Å². The third-order valence-corrected chi connectivity index (χ3v) is 3.08. The molecule has 0 saturated heterocycles. The fourth-order valence-corrected chi connectivity index (χ4v) is 1.99. The zero-order valence-corrected chi connectivity index (χ0v) is 12.1. The van der Waals surface area contributed by atoms with Crippen molar-refractivity contribution < 1.29 is 9.53 Å². The van der Waals surface area contributed by atoms with E-state index in [1.807, 2.05) is 32.9 Å². The quantitative estimate of drug-likeness (QED) is 0.742.